The molecule has 2 fully saturated rings. The van der Waals surface area contributed by atoms with Gasteiger partial charge in [0.25, 0.3) is 5.91 Å². The van der Waals surface area contributed by atoms with Crippen molar-refractivity contribution in [1.29, 1.82) is 0 Å². The molecule has 5 heteroatoms. The number of aliphatic hydroxyl groups is 1. The molecule has 1 heterocycles. The molecule has 1 saturated carbocycles. The summed E-state index contributed by atoms with van der Waals surface area (Å²) in [5.74, 6) is -0.817. The van der Waals surface area contributed by atoms with Crippen LogP contribution in [0.5, 0.6) is 0 Å². The Morgan fingerprint density at radius 1 is 1.33 bits per heavy atom. The number of nitrogens with one attached hydrogen (secondary N) is 1. The molecule has 0 radical (unpaired) electrons. The van der Waals surface area contributed by atoms with Gasteiger partial charge in [0, 0.05) is 18.1 Å². The van der Waals surface area contributed by atoms with Crippen molar-refractivity contribution in [1.82, 2.24) is 5.32 Å². The van der Waals surface area contributed by atoms with E-state index in [4.69, 9.17) is 9.47 Å². The SMILES string of the molecule is CC1(C)O[C@H]2[C@H](NC(=O)c3ccccc3)[C@H](CO)C[C@H]2O1. The lowest BCUT2D eigenvalue weighted by molar-refractivity contribution is -0.157. The van der Waals surface area contributed by atoms with Gasteiger partial charge < -0.3 is 19.9 Å². The summed E-state index contributed by atoms with van der Waals surface area (Å²) in [7, 11) is 0. The van der Waals surface area contributed by atoms with E-state index in [-0.39, 0.29) is 36.7 Å². The highest BCUT2D eigenvalue weighted by Crippen LogP contribution is 2.41. The number of rotatable bonds is 3. The van der Waals surface area contributed by atoms with Crippen LogP contribution in [0.4, 0.5) is 0 Å². The molecule has 4 atom stereocenters. The summed E-state index contributed by atoms with van der Waals surface area (Å²) in [6.07, 6.45) is 0.424. The minimum absolute atomic E-state index is 0.0138. The number of ether oxygens (including phenoxy) is 2. The van der Waals surface area contributed by atoms with Crippen LogP contribution in [0.3, 0.4) is 0 Å². The number of hydrogen-bond acceptors (Lipinski definition) is 4. The second-order valence-electron chi connectivity index (χ2n) is 6.18. The normalized spacial score (nSPS) is 33.7. The Morgan fingerprint density at radius 3 is 2.71 bits per heavy atom. The average Bonchev–Trinajstić information content (AvgIpc) is 2.92. The number of carbonyl (C=O) groups is 1. The summed E-state index contributed by atoms with van der Waals surface area (Å²) in [6.45, 7) is 3.75. The molecule has 0 unspecified atom stereocenters. The lowest BCUT2D eigenvalue weighted by atomic mass is 10.0. The number of fused-ring (bicyclic) bond motifs is 1. The Kier molecular flexibility index (Phi) is 3.73. The Morgan fingerprint density at radius 2 is 2.05 bits per heavy atom. The molecule has 5 nitrogen and oxygen atoms in total. The maximum absolute atomic E-state index is 12.3. The Labute approximate surface area is 124 Å². The van der Waals surface area contributed by atoms with Crippen molar-refractivity contribution in [2.75, 3.05) is 6.61 Å². The van der Waals surface area contributed by atoms with Crippen LogP contribution in [-0.4, -0.2) is 41.7 Å². The van der Waals surface area contributed by atoms with Gasteiger partial charge in [0.15, 0.2) is 5.79 Å². The molecule has 1 saturated heterocycles. The molecule has 0 spiro atoms. The topological polar surface area (TPSA) is 67.8 Å². The average molecular weight is 291 g/mol. The summed E-state index contributed by atoms with van der Waals surface area (Å²) in [5.41, 5.74) is 0.607. The first-order valence-electron chi connectivity index (χ1n) is 7.32. The molecule has 2 N–H and O–H groups in total. The zero-order valence-corrected chi connectivity index (χ0v) is 12.3. The predicted octanol–water partition coefficient (Wildman–Crippen LogP) is 1.32. The largest absolute Gasteiger partial charge is 0.396 e. The third-order valence-electron chi connectivity index (χ3n) is 4.19. The minimum atomic E-state index is -0.633. The van der Waals surface area contributed by atoms with E-state index in [1.165, 1.54) is 0 Å². The monoisotopic (exact) mass is 291 g/mol. The Bertz CT molecular complexity index is 516. The highest BCUT2D eigenvalue weighted by Gasteiger charge is 2.53. The van der Waals surface area contributed by atoms with Gasteiger partial charge >= 0.3 is 0 Å². The van der Waals surface area contributed by atoms with Gasteiger partial charge in [0.1, 0.15) is 6.10 Å². The second-order valence-corrected chi connectivity index (χ2v) is 6.18. The van der Waals surface area contributed by atoms with Gasteiger partial charge in [0.2, 0.25) is 0 Å². The first-order chi connectivity index (χ1) is 10.00. The third-order valence-corrected chi connectivity index (χ3v) is 4.19. The zero-order chi connectivity index (χ0) is 15.0. The van der Waals surface area contributed by atoms with Crippen molar-refractivity contribution in [2.24, 2.45) is 5.92 Å². The van der Waals surface area contributed by atoms with E-state index in [0.29, 0.717) is 12.0 Å². The van der Waals surface area contributed by atoms with Crippen molar-refractivity contribution in [2.45, 2.75) is 44.3 Å². The van der Waals surface area contributed by atoms with Gasteiger partial charge in [-0.2, -0.15) is 0 Å². The van der Waals surface area contributed by atoms with Gasteiger partial charge in [0.05, 0.1) is 12.1 Å². The molecule has 114 valence electrons. The molecule has 21 heavy (non-hydrogen) atoms. The highest BCUT2D eigenvalue weighted by molar-refractivity contribution is 5.94. The summed E-state index contributed by atoms with van der Waals surface area (Å²) in [5, 5.41) is 12.5. The molecule has 1 aromatic carbocycles. The Balaban J connectivity index is 1.75. The molecule has 1 aromatic rings. The molecule has 0 bridgehead atoms. The van der Waals surface area contributed by atoms with Gasteiger partial charge in [-0.25, -0.2) is 0 Å². The van der Waals surface area contributed by atoms with Crippen molar-refractivity contribution in [3.05, 3.63) is 35.9 Å². The fourth-order valence-corrected chi connectivity index (χ4v) is 3.28. The van der Waals surface area contributed by atoms with Crippen LogP contribution in [0.25, 0.3) is 0 Å². The van der Waals surface area contributed by atoms with Gasteiger partial charge in [-0.1, -0.05) is 18.2 Å². The van der Waals surface area contributed by atoms with E-state index in [9.17, 15) is 9.90 Å². The molecule has 1 aliphatic heterocycles. The lowest BCUT2D eigenvalue weighted by Gasteiger charge is -2.26. The Hall–Kier alpha value is -1.43. The maximum Gasteiger partial charge on any atom is 0.251 e. The summed E-state index contributed by atoms with van der Waals surface area (Å²) >= 11 is 0. The smallest absolute Gasteiger partial charge is 0.251 e. The standard InChI is InChI=1S/C16H21NO4/c1-16(2)20-12-8-11(9-18)13(14(12)21-16)17-15(19)10-6-4-3-5-7-10/h3-7,11-14,18H,8-9H2,1-2H3,(H,17,19)/t11-,12+,13+,14+/m0/s1. The molecule has 3 rings (SSSR count). The second kappa shape index (κ2) is 5.40. The van der Waals surface area contributed by atoms with Crippen LogP contribution in [0, 0.1) is 5.92 Å². The molecule has 0 aromatic heterocycles. The van der Waals surface area contributed by atoms with E-state index in [0.717, 1.165) is 0 Å². The van der Waals surface area contributed by atoms with Crippen molar-refractivity contribution >= 4 is 5.91 Å². The first-order valence-corrected chi connectivity index (χ1v) is 7.32. The zero-order valence-electron chi connectivity index (χ0n) is 12.3. The summed E-state index contributed by atoms with van der Waals surface area (Å²) in [4.78, 5) is 12.3. The quantitative estimate of drug-likeness (QED) is 0.881. The van der Waals surface area contributed by atoms with Crippen LogP contribution in [0.1, 0.15) is 30.6 Å². The molecule has 1 aliphatic carbocycles. The molecular formula is C16H21NO4. The minimum Gasteiger partial charge on any atom is -0.396 e. The fourth-order valence-electron chi connectivity index (χ4n) is 3.28. The molecular weight excluding hydrogens is 270 g/mol. The number of aliphatic hydroxyl groups excluding tert-OH is 1. The van der Waals surface area contributed by atoms with E-state index < -0.39 is 5.79 Å². The van der Waals surface area contributed by atoms with Gasteiger partial charge in [-0.3, -0.25) is 4.79 Å². The first kappa shape index (κ1) is 14.5. The van der Waals surface area contributed by atoms with Crippen LogP contribution in [0.15, 0.2) is 30.3 Å². The predicted molar refractivity (Wildman–Crippen MR) is 76.7 cm³/mol. The van der Waals surface area contributed by atoms with Gasteiger partial charge in [-0.15, -0.1) is 0 Å². The lowest BCUT2D eigenvalue weighted by Crippen LogP contribution is -2.47. The number of benzene rings is 1. The summed E-state index contributed by atoms with van der Waals surface area (Å²) in [6, 6.07) is 8.84. The number of hydrogen-bond donors (Lipinski definition) is 2. The van der Waals surface area contributed by atoms with Crippen molar-refractivity contribution in [3.63, 3.8) is 0 Å². The van der Waals surface area contributed by atoms with Gasteiger partial charge in [-0.05, 0) is 32.4 Å². The highest BCUT2D eigenvalue weighted by atomic mass is 16.8. The maximum atomic E-state index is 12.3. The third kappa shape index (κ3) is 2.81. The van der Waals surface area contributed by atoms with Crippen LogP contribution in [-0.2, 0) is 9.47 Å². The van der Waals surface area contributed by atoms with E-state index in [1.54, 1.807) is 12.1 Å². The molecule has 1 amide bonds. The van der Waals surface area contributed by atoms with E-state index in [2.05, 4.69) is 5.32 Å². The van der Waals surface area contributed by atoms with E-state index in [1.807, 2.05) is 32.0 Å². The molecule has 2 aliphatic rings. The van der Waals surface area contributed by atoms with Crippen LogP contribution in [0.2, 0.25) is 0 Å². The van der Waals surface area contributed by atoms with Crippen molar-refractivity contribution in [3.8, 4) is 0 Å². The number of carbonyl (C=O) groups excluding carboxylic acids is 1. The van der Waals surface area contributed by atoms with Crippen molar-refractivity contribution < 1.29 is 19.4 Å². The van der Waals surface area contributed by atoms with Crippen LogP contribution < -0.4 is 5.32 Å². The summed E-state index contributed by atoms with van der Waals surface area (Å²) < 4.78 is 11.7. The number of amides is 1. The fraction of sp³-hybridized carbons (Fsp3) is 0.562. The van der Waals surface area contributed by atoms with E-state index >= 15 is 0 Å². The van der Waals surface area contributed by atoms with Crippen LogP contribution >= 0.6 is 0 Å².